The molecule has 0 aliphatic heterocycles. The third-order valence-electron chi connectivity index (χ3n) is 3.37. The van der Waals surface area contributed by atoms with Crippen molar-refractivity contribution >= 4 is 11.3 Å². The summed E-state index contributed by atoms with van der Waals surface area (Å²) in [6, 6.07) is 2.28. The first-order chi connectivity index (χ1) is 8.86. The molecule has 2 heterocycles. The van der Waals surface area contributed by atoms with E-state index in [-0.39, 0.29) is 0 Å². The topological polar surface area (TPSA) is 38.1 Å². The Kier molecular flexibility index (Phi) is 3.48. The predicted octanol–water partition coefficient (Wildman–Crippen LogP) is 3.39. The maximum atomic E-state index is 5.57. The summed E-state index contributed by atoms with van der Waals surface area (Å²) in [4.78, 5) is 7.24. The molecule has 0 aromatic carbocycles. The van der Waals surface area contributed by atoms with Gasteiger partial charge in [0.25, 0.3) is 0 Å². The van der Waals surface area contributed by atoms with E-state index in [4.69, 9.17) is 4.42 Å². The van der Waals surface area contributed by atoms with Crippen LogP contribution in [0.4, 0.5) is 0 Å². The van der Waals surface area contributed by atoms with Crippen LogP contribution in [0, 0.1) is 0 Å². The van der Waals surface area contributed by atoms with Crippen molar-refractivity contribution in [1.29, 1.82) is 0 Å². The third kappa shape index (κ3) is 2.35. The molecule has 18 heavy (non-hydrogen) atoms. The molecular formula is C14H18N2OS. The summed E-state index contributed by atoms with van der Waals surface area (Å²) < 4.78 is 5.57. The Hall–Kier alpha value is -1.13. The van der Waals surface area contributed by atoms with Crippen LogP contribution in [0.25, 0.3) is 10.8 Å². The van der Waals surface area contributed by atoms with Gasteiger partial charge in [0, 0.05) is 11.4 Å². The van der Waals surface area contributed by atoms with Gasteiger partial charge in [-0.05, 0) is 44.4 Å². The summed E-state index contributed by atoms with van der Waals surface area (Å²) in [5.74, 6) is 0.776. The minimum Gasteiger partial charge on any atom is -0.444 e. The Morgan fingerprint density at radius 2 is 2.22 bits per heavy atom. The molecule has 2 aromatic heterocycles. The number of fused-ring (bicyclic) bond motifs is 1. The lowest BCUT2D eigenvalue weighted by Gasteiger charge is -1.92. The number of rotatable bonds is 3. The molecule has 1 N–H and O–H groups in total. The zero-order valence-corrected chi connectivity index (χ0v) is 11.5. The molecule has 3 rings (SSSR count). The van der Waals surface area contributed by atoms with Crippen LogP contribution in [-0.2, 0) is 19.4 Å². The Morgan fingerprint density at radius 1 is 1.33 bits per heavy atom. The fraction of sp³-hybridized carbons (Fsp3) is 0.500. The Labute approximate surface area is 111 Å². The lowest BCUT2D eigenvalue weighted by atomic mass is 10.1. The van der Waals surface area contributed by atoms with Crippen LogP contribution in [-0.4, -0.2) is 12.0 Å². The van der Waals surface area contributed by atoms with Gasteiger partial charge in [0.05, 0.1) is 10.6 Å². The van der Waals surface area contributed by atoms with Gasteiger partial charge in [-0.2, -0.15) is 0 Å². The van der Waals surface area contributed by atoms with Crippen molar-refractivity contribution in [2.45, 2.75) is 38.6 Å². The molecule has 0 amide bonds. The summed E-state index contributed by atoms with van der Waals surface area (Å²) in [6.45, 7) is 0.759. The first-order valence-electron chi connectivity index (χ1n) is 6.58. The standard InChI is InChI=1S/C14H18N2OS/c1-15-8-11-9-17-14(16-11)13-7-10-5-3-2-4-6-12(10)18-13/h7,9,15H,2-6,8H2,1H3. The van der Waals surface area contributed by atoms with Crippen molar-refractivity contribution in [1.82, 2.24) is 10.3 Å². The Bertz CT molecular complexity index is 506. The SMILES string of the molecule is CNCc1coc(-c2cc3c(s2)CCCCC3)n1. The first-order valence-corrected chi connectivity index (χ1v) is 7.39. The molecule has 0 fully saturated rings. The average Bonchev–Trinajstić information content (AvgIpc) is 2.93. The molecule has 3 nitrogen and oxygen atoms in total. The summed E-state index contributed by atoms with van der Waals surface area (Å²) in [7, 11) is 1.92. The van der Waals surface area contributed by atoms with Crippen LogP contribution in [0.3, 0.4) is 0 Å². The van der Waals surface area contributed by atoms with Gasteiger partial charge in [-0.3, -0.25) is 0 Å². The van der Waals surface area contributed by atoms with Crippen molar-refractivity contribution in [3.63, 3.8) is 0 Å². The van der Waals surface area contributed by atoms with Crippen LogP contribution in [0.1, 0.15) is 35.4 Å². The van der Waals surface area contributed by atoms with E-state index in [1.165, 1.54) is 47.4 Å². The predicted molar refractivity (Wildman–Crippen MR) is 73.8 cm³/mol. The molecule has 96 valence electrons. The molecule has 1 aliphatic rings. The molecule has 2 aromatic rings. The summed E-state index contributed by atoms with van der Waals surface area (Å²) >= 11 is 1.86. The van der Waals surface area contributed by atoms with Gasteiger partial charge in [0.15, 0.2) is 0 Å². The highest BCUT2D eigenvalue weighted by Gasteiger charge is 2.16. The maximum Gasteiger partial charge on any atom is 0.236 e. The highest BCUT2D eigenvalue weighted by atomic mass is 32.1. The highest BCUT2D eigenvalue weighted by Crippen LogP contribution is 2.34. The highest BCUT2D eigenvalue weighted by molar-refractivity contribution is 7.15. The van der Waals surface area contributed by atoms with Crippen LogP contribution in [0.5, 0.6) is 0 Å². The lowest BCUT2D eigenvalue weighted by molar-refractivity contribution is 0.573. The van der Waals surface area contributed by atoms with E-state index >= 15 is 0 Å². The molecule has 0 radical (unpaired) electrons. The minimum absolute atomic E-state index is 0.759. The smallest absolute Gasteiger partial charge is 0.236 e. The van der Waals surface area contributed by atoms with Crippen molar-refractivity contribution in [2.24, 2.45) is 0 Å². The quantitative estimate of drug-likeness (QED) is 0.862. The molecule has 1 aliphatic carbocycles. The van der Waals surface area contributed by atoms with Crippen LogP contribution in [0.2, 0.25) is 0 Å². The second-order valence-corrected chi connectivity index (χ2v) is 5.93. The van der Waals surface area contributed by atoms with Gasteiger partial charge in [-0.1, -0.05) is 6.42 Å². The van der Waals surface area contributed by atoms with Gasteiger partial charge in [-0.15, -0.1) is 11.3 Å². The van der Waals surface area contributed by atoms with E-state index in [0.29, 0.717) is 0 Å². The van der Waals surface area contributed by atoms with Crippen LogP contribution < -0.4 is 5.32 Å². The number of hydrogen-bond acceptors (Lipinski definition) is 4. The third-order valence-corrected chi connectivity index (χ3v) is 4.59. The van der Waals surface area contributed by atoms with Gasteiger partial charge in [0.2, 0.25) is 5.89 Å². The van der Waals surface area contributed by atoms with Crippen molar-refractivity contribution in [2.75, 3.05) is 7.05 Å². The summed E-state index contributed by atoms with van der Waals surface area (Å²) in [6.07, 6.45) is 8.20. The lowest BCUT2D eigenvalue weighted by Crippen LogP contribution is -2.04. The second-order valence-electron chi connectivity index (χ2n) is 4.79. The molecular weight excluding hydrogens is 244 g/mol. The number of oxazole rings is 1. The van der Waals surface area contributed by atoms with E-state index in [1.807, 2.05) is 18.4 Å². The summed E-state index contributed by atoms with van der Waals surface area (Å²) in [5, 5.41) is 3.09. The first kappa shape index (κ1) is 11.9. The van der Waals surface area contributed by atoms with E-state index < -0.39 is 0 Å². The molecule has 0 saturated carbocycles. The monoisotopic (exact) mass is 262 g/mol. The number of nitrogens with zero attached hydrogens (tertiary/aromatic N) is 1. The Balaban J connectivity index is 1.87. The van der Waals surface area contributed by atoms with E-state index in [2.05, 4.69) is 16.4 Å². The fourth-order valence-corrected chi connectivity index (χ4v) is 3.64. The fourth-order valence-electron chi connectivity index (χ4n) is 2.46. The molecule has 4 heteroatoms. The van der Waals surface area contributed by atoms with Crippen LogP contribution >= 0.6 is 11.3 Å². The molecule has 0 atom stereocenters. The van der Waals surface area contributed by atoms with E-state index in [1.54, 1.807) is 6.26 Å². The van der Waals surface area contributed by atoms with Crippen LogP contribution in [0.15, 0.2) is 16.7 Å². The van der Waals surface area contributed by atoms with Gasteiger partial charge < -0.3 is 9.73 Å². The zero-order chi connectivity index (χ0) is 12.4. The summed E-state index contributed by atoms with van der Waals surface area (Å²) in [5.41, 5.74) is 2.48. The molecule has 0 saturated heterocycles. The largest absolute Gasteiger partial charge is 0.444 e. The Morgan fingerprint density at radius 3 is 3.11 bits per heavy atom. The number of aromatic nitrogens is 1. The van der Waals surface area contributed by atoms with E-state index in [0.717, 1.165) is 18.1 Å². The average molecular weight is 262 g/mol. The van der Waals surface area contributed by atoms with Crippen molar-refractivity contribution in [3.8, 4) is 10.8 Å². The van der Waals surface area contributed by atoms with Gasteiger partial charge in [-0.25, -0.2) is 4.98 Å². The second kappa shape index (κ2) is 5.24. The van der Waals surface area contributed by atoms with Crippen molar-refractivity contribution < 1.29 is 4.42 Å². The number of nitrogens with one attached hydrogen (secondary N) is 1. The number of aryl methyl sites for hydroxylation is 2. The minimum atomic E-state index is 0.759. The molecule has 0 bridgehead atoms. The zero-order valence-electron chi connectivity index (χ0n) is 10.7. The van der Waals surface area contributed by atoms with Gasteiger partial charge >= 0.3 is 0 Å². The van der Waals surface area contributed by atoms with E-state index in [9.17, 15) is 0 Å². The maximum absolute atomic E-state index is 5.57. The molecule has 0 spiro atoms. The normalized spacial score (nSPS) is 15.4. The molecule has 0 unspecified atom stereocenters. The van der Waals surface area contributed by atoms with Crippen molar-refractivity contribution in [3.05, 3.63) is 28.5 Å². The number of thiophene rings is 1. The number of hydrogen-bond donors (Lipinski definition) is 1. The van der Waals surface area contributed by atoms with Gasteiger partial charge in [0.1, 0.15) is 6.26 Å².